The van der Waals surface area contributed by atoms with Gasteiger partial charge in [-0.3, -0.25) is 0 Å². The topological polar surface area (TPSA) is 29.3 Å². The lowest BCUT2D eigenvalue weighted by Gasteiger charge is -2.22. The van der Waals surface area contributed by atoms with E-state index in [1.54, 1.807) is 0 Å². The maximum absolute atomic E-state index is 12.9. The Hall–Kier alpha value is -1.87. The van der Waals surface area contributed by atoms with Crippen molar-refractivity contribution in [2.24, 2.45) is 5.73 Å². The normalized spacial score (nSPS) is 10.6. The van der Waals surface area contributed by atoms with E-state index in [1.165, 1.54) is 28.9 Å². The van der Waals surface area contributed by atoms with Crippen molar-refractivity contribution < 1.29 is 4.39 Å². The van der Waals surface area contributed by atoms with Crippen LogP contribution in [0.4, 0.5) is 10.1 Å². The number of benzene rings is 2. The molecule has 0 radical (unpaired) electrons. The first-order chi connectivity index (χ1) is 9.60. The van der Waals surface area contributed by atoms with Gasteiger partial charge in [-0.15, -0.1) is 0 Å². The Labute approximate surface area is 120 Å². The maximum Gasteiger partial charge on any atom is 0.123 e. The molecule has 0 atom stereocenters. The molecule has 0 bridgehead atoms. The van der Waals surface area contributed by atoms with Crippen LogP contribution in [0.15, 0.2) is 42.5 Å². The van der Waals surface area contributed by atoms with Crippen molar-refractivity contribution in [2.75, 3.05) is 18.5 Å². The fourth-order valence-corrected chi connectivity index (χ4v) is 2.42. The Morgan fingerprint density at radius 3 is 2.30 bits per heavy atom. The molecule has 0 saturated heterocycles. The van der Waals surface area contributed by atoms with Crippen LogP contribution in [-0.2, 0) is 13.0 Å². The third-order valence-corrected chi connectivity index (χ3v) is 3.44. The molecule has 3 heteroatoms. The van der Waals surface area contributed by atoms with E-state index in [-0.39, 0.29) is 5.82 Å². The first-order valence-corrected chi connectivity index (χ1v) is 6.85. The zero-order valence-corrected chi connectivity index (χ0v) is 12.1. The minimum Gasteiger partial charge on any atom is -0.370 e. The summed E-state index contributed by atoms with van der Waals surface area (Å²) < 4.78 is 12.9. The SMILES string of the molecule is Cc1cc(CCN)ccc1N(C)Cc1ccc(F)cc1. The third kappa shape index (κ3) is 3.58. The van der Waals surface area contributed by atoms with Gasteiger partial charge >= 0.3 is 0 Å². The van der Waals surface area contributed by atoms with E-state index in [4.69, 9.17) is 5.73 Å². The van der Waals surface area contributed by atoms with Crippen LogP contribution in [0.25, 0.3) is 0 Å². The highest BCUT2D eigenvalue weighted by Gasteiger charge is 2.06. The summed E-state index contributed by atoms with van der Waals surface area (Å²) in [5.74, 6) is -0.196. The van der Waals surface area contributed by atoms with Crippen LogP contribution in [-0.4, -0.2) is 13.6 Å². The molecule has 0 fully saturated rings. The van der Waals surface area contributed by atoms with Crippen molar-refractivity contribution in [1.82, 2.24) is 0 Å². The van der Waals surface area contributed by atoms with Gasteiger partial charge in [0.1, 0.15) is 5.82 Å². The van der Waals surface area contributed by atoms with Gasteiger partial charge in [-0.05, 0) is 54.8 Å². The van der Waals surface area contributed by atoms with Gasteiger partial charge in [0, 0.05) is 19.3 Å². The van der Waals surface area contributed by atoms with Gasteiger partial charge in [-0.25, -0.2) is 4.39 Å². The third-order valence-electron chi connectivity index (χ3n) is 3.44. The highest BCUT2D eigenvalue weighted by atomic mass is 19.1. The van der Waals surface area contributed by atoms with Gasteiger partial charge < -0.3 is 10.6 Å². The number of nitrogens with two attached hydrogens (primary N) is 1. The fraction of sp³-hybridized carbons (Fsp3) is 0.294. The number of halogens is 1. The molecule has 0 spiro atoms. The summed E-state index contributed by atoms with van der Waals surface area (Å²) in [6, 6.07) is 13.1. The van der Waals surface area contributed by atoms with E-state index < -0.39 is 0 Å². The number of anilines is 1. The van der Waals surface area contributed by atoms with Gasteiger partial charge in [-0.2, -0.15) is 0 Å². The molecule has 0 heterocycles. The molecule has 0 aromatic heterocycles. The molecule has 2 N–H and O–H groups in total. The molecule has 106 valence electrons. The van der Waals surface area contributed by atoms with Crippen molar-refractivity contribution in [1.29, 1.82) is 0 Å². The van der Waals surface area contributed by atoms with E-state index in [2.05, 4.69) is 30.0 Å². The lowest BCUT2D eigenvalue weighted by atomic mass is 10.1. The van der Waals surface area contributed by atoms with E-state index in [0.29, 0.717) is 6.54 Å². The van der Waals surface area contributed by atoms with E-state index in [0.717, 1.165) is 18.5 Å². The molecule has 2 aromatic carbocycles. The lowest BCUT2D eigenvalue weighted by molar-refractivity contribution is 0.627. The van der Waals surface area contributed by atoms with Crippen LogP contribution >= 0.6 is 0 Å². The van der Waals surface area contributed by atoms with E-state index >= 15 is 0 Å². The second kappa shape index (κ2) is 6.53. The molecule has 0 unspecified atom stereocenters. The summed E-state index contributed by atoms with van der Waals surface area (Å²) in [5.41, 5.74) is 10.4. The van der Waals surface area contributed by atoms with Crippen molar-refractivity contribution in [3.05, 3.63) is 65.0 Å². The molecule has 2 rings (SSSR count). The first kappa shape index (κ1) is 14.5. The van der Waals surface area contributed by atoms with Gasteiger partial charge in [0.15, 0.2) is 0 Å². The van der Waals surface area contributed by atoms with E-state index in [1.807, 2.05) is 19.2 Å². The molecule has 20 heavy (non-hydrogen) atoms. The van der Waals surface area contributed by atoms with Crippen LogP contribution in [0.1, 0.15) is 16.7 Å². The monoisotopic (exact) mass is 272 g/mol. The fourth-order valence-electron chi connectivity index (χ4n) is 2.42. The zero-order valence-electron chi connectivity index (χ0n) is 12.1. The number of nitrogens with zero attached hydrogens (tertiary/aromatic N) is 1. The summed E-state index contributed by atoms with van der Waals surface area (Å²) in [7, 11) is 2.05. The Morgan fingerprint density at radius 1 is 1.05 bits per heavy atom. The Kier molecular flexibility index (Phi) is 4.74. The van der Waals surface area contributed by atoms with Crippen LogP contribution in [0.2, 0.25) is 0 Å². The van der Waals surface area contributed by atoms with Gasteiger partial charge in [0.05, 0.1) is 0 Å². The van der Waals surface area contributed by atoms with Crippen molar-refractivity contribution >= 4 is 5.69 Å². The lowest BCUT2D eigenvalue weighted by Crippen LogP contribution is -2.17. The smallest absolute Gasteiger partial charge is 0.123 e. The molecule has 0 aliphatic rings. The predicted octanol–water partition coefficient (Wildman–Crippen LogP) is 3.27. The second-order valence-electron chi connectivity index (χ2n) is 5.14. The number of hydrogen-bond donors (Lipinski definition) is 1. The summed E-state index contributed by atoms with van der Waals surface area (Å²) in [6.45, 7) is 3.54. The molecular weight excluding hydrogens is 251 g/mol. The average Bonchev–Trinajstić information content (AvgIpc) is 2.42. The molecule has 0 saturated carbocycles. The molecule has 0 aliphatic carbocycles. The molecule has 0 amide bonds. The predicted molar refractivity (Wildman–Crippen MR) is 82.4 cm³/mol. The minimum atomic E-state index is -0.196. The average molecular weight is 272 g/mol. The van der Waals surface area contributed by atoms with Crippen molar-refractivity contribution in [3.63, 3.8) is 0 Å². The summed E-state index contributed by atoms with van der Waals surface area (Å²) in [6.07, 6.45) is 0.906. The molecule has 2 aromatic rings. The van der Waals surface area contributed by atoms with Crippen molar-refractivity contribution in [3.8, 4) is 0 Å². The Bertz CT molecular complexity index is 564. The Morgan fingerprint density at radius 2 is 1.70 bits per heavy atom. The highest BCUT2D eigenvalue weighted by Crippen LogP contribution is 2.22. The molecular formula is C17H21FN2. The van der Waals surface area contributed by atoms with Crippen LogP contribution < -0.4 is 10.6 Å². The van der Waals surface area contributed by atoms with Gasteiger partial charge in [-0.1, -0.05) is 24.3 Å². The van der Waals surface area contributed by atoms with Gasteiger partial charge in [0.25, 0.3) is 0 Å². The highest BCUT2D eigenvalue weighted by molar-refractivity contribution is 5.54. The standard InChI is InChI=1S/C17H21FN2/c1-13-11-14(9-10-19)5-8-17(13)20(2)12-15-3-6-16(18)7-4-15/h3-8,11H,9-10,12,19H2,1-2H3. The first-order valence-electron chi connectivity index (χ1n) is 6.85. The summed E-state index contributed by atoms with van der Waals surface area (Å²) in [4.78, 5) is 2.18. The number of hydrogen-bond acceptors (Lipinski definition) is 2. The second-order valence-corrected chi connectivity index (χ2v) is 5.14. The number of aryl methyl sites for hydroxylation is 1. The summed E-state index contributed by atoms with van der Waals surface area (Å²) >= 11 is 0. The molecule has 0 aliphatic heterocycles. The zero-order chi connectivity index (χ0) is 14.5. The molecule has 2 nitrogen and oxygen atoms in total. The van der Waals surface area contributed by atoms with Crippen LogP contribution in [0.5, 0.6) is 0 Å². The van der Waals surface area contributed by atoms with Crippen LogP contribution in [0.3, 0.4) is 0 Å². The van der Waals surface area contributed by atoms with Crippen LogP contribution in [0, 0.1) is 12.7 Å². The van der Waals surface area contributed by atoms with Gasteiger partial charge in [0.2, 0.25) is 0 Å². The number of rotatable bonds is 5. The largest absolute Gasteiger partial charge is 0.370 e. The minimum absolute atomic E-state index is 0.196. The Balaban J connectivity index is 2.12. The summed E-state index contributed by atoms with van der Waals surface area (Å²) in [5, 5.41) is 0. The quantitative estimate of drug-likeness (QED) is 0.905. The maximum atomic E-state index is 12.9. The van der Waals surface area contributed by atoms with Crippen molar-refractivity contribution in [2.45, 2.75) is 19.9 Å². The van der Waals surface area contributed by atoms with E-state index in [9.17, 15) is 4.39 Å².